The van der Waals surface area contributed by atoms with Crippen LogP contribution in [0.2, 0.25) is 0 Å². The van der Waals surface area contributed by atoms with Crippen LogP contribution in [0.25, 0.3) is 16.0 Å². The number of para-hydroxylation sites is 1. The molecule has 2 N–H and O–H groups in total. The summed E-state index contributed by atoms with van der Waals surface area (Å²) in [6, 6.07) is 9.06. The Hall–Kier alpha value is -3.40. The molecule has 0 aliphatic heterocycles. The number of benzene rings is 1. The number of fused-ring (bicyclic) bond motifs is 3. The molecule has 3 heterocycles. The van der Waals surface area contributed by atoms with Crippen molar-refractivity contribution in [2.24, 2.45) is 5.73 Å². The lowest BCUT2D eigenvalue weighted by molar-refractivity contribution is -0.118. The second-order valence-corrected chi connectivity index (χ2v) is 7.03. The lowest BCUT2D eigenvalue weighted by atomic mass is 10.2. The highest BCUT2D eigenvalue weighted by molar-refractivity contribution is 7.17. The molecule has 1 amide bonds. The maximum absolute atomic E-state index is 13.1. The number of hydrogen-bond donors (Lipinski definition) is 1. The fraction of sp³-hybridized carbons (Fsp3) is 0.222. The van der Waals surface area contributed by atoms with Crippen molar-refractivity contribution < 1.29 is 9.53 Å². The summed E-state index contributed by atoms with van der Waals surface area (Å²) in [6.07, 6.45) is 0. The molecule has 0 unspecified atom stereocenters. The van der Waals surface area contributed by atoms with Crippen molar-refractivity contribution in [1.82, 2.24) is 18.7 Å². The molecule has 1 aromatic carbocycles. The van der Waals surface area contributed by atoms with Crippen LogP contribution in [0.5, 0.6) is 5.75 Å². The average Bonchev–Trinajstić information content (AvgIpc) is 3.25. The van der Waals surface area contributed by atoms with Crippen molar-refractivity contribution in [3.05, 3.63) is 62.1 Å². The lowest BCUT2D eigenvalue weighted by Gasteiger charge is -2.12. The quantitative estimate of drug-likeness (QED) is 0.515. The van der Waals surface area contributed by atoms with E-state index in [1.54, 1.807) is 11.4 Å². The fourth-order valence-corrected chi connectivity index (χ4v) is 3.95. The number of rotatable bonds is 6. The van der Waals surface area contributed by atoms with Gasteiger partial charge in [0.25, 0.3) is 5.56 Å². The number of aromatic nitrogens is 4. The molecule has 0 saturated carbocycles. The number of nitrogens with two attached hydrogens (primary N) is 1. The minimum absolute atomic E-state index is 0.147. The maximum Gasteiger partial charge on any atom is 0.352 e. The van der Waals surface area contributed by atoms with Gasteiger partial charge in [-0.15, -0.1) is 16.4 Å². The Morgan fingerprint density at radius 1 is 1.25 bits per heavy atom. The van der Waals surface area contributed by atoms with Gasteiger partial charge < -0.3 is 10.5 Å². The fourth-order valence-electron chi connectivity index (χ4n) is 3.13. The highest BCUT2D eigenvalue weighted by Gasteiger charge is 2.19. The van der Waals surface area contributed by atoms with E-state index in [1.807, 2.05) is 31.2 Å². The second kappa shape index (κ2) is 6.97. The van der Waals surface area contributed by atoms with Crippen molar-refractivity contribution in [2.45, 2.75) is 20.0 Å². The Labute approximate surface area is 162 Å². The maximum atomic E-state index is 13.1. The zero-order chi connectivity index (χ0) is 19.8. The van der Waals surface area contributed by atoms with Gasteiger partial charge in [0.2, 0.25) is 11.7 Å². The average molecular weight is 399 g/mol. The van der Waals surface area contributed by atoms with Crippen LogP contribution in [0.4, 0.5) is 0 Å². The molecule has 4 aromatic rings. The molecule has 0 radical (unpaired) electrons. The Morgan fingerprint density at radius 2 is 2.04 bits per heavy atom. The van der Waals surface area contributed by atoms with Gasteiger partial charge in [-0.25, -0.2) is 13.9 Å². The van der Waals surface area contributed by atoms with Gasteiger partial charge in [-0.2, -0.15) is 0 Å². The van der Waals surface area contributed by atoms with Crippen molar-refractivity contribution in [3.8, 4) is 5.75 Å². The minimum atomic E-state index is -0.692. The van der Waals surface area contributed by atoms with E-state index < -0.39 is 11.6 Å². The van der Waals surface area contributed by atoms with Gasteiger partial charge in [0.05, 0.1) is 18.7 Å². The summed E-state index contributed by atoms with van der Waals surface area (Å²) >= 11 is 1.25. The Bertz CT molecular complexity index is 1310. The summed E-state index contributed by atoms with van der Waals surface area (Å²) in [7, 11) is 0. The Balaban J connectivity index is 1.99. The lowest BCUT2D eigenvalue weighted by Crippen LogP contribution is -2.29. The van der Waals surface area contributed by atoms with E-state index in [2.05, 4.69) is 5.10 Å². The topological polar surface area (TPSA) is 114 Å². The number of thiophene rings is 1. The second-order valence-electron chi connectivity index (χ2n) is 6.11. The number of nitrogens with zero attached hydrogens (tertiary/aromatic N) is 4. The molecule has 0 atom stereocenters. The Morgan fingerprint density at radius 3 is 2.79 bits per heavy atom. The normalized spacial score (nSPS) is 11.3. The van der Waals surface area contributed by atoms with Crippen LogP contribution in [0.3, 0.4) is 0 Å². The zero-order valence-corrected chi connectivity index (χ0v) is 15.8. The number of primary amides is 1. The molecule has 0 fully saturated rings. The SMILES string of the molecule is CCOc1ccccc1Cn1c(=O)c2sccc2n2c(=O)n(CC(N)=O)nc12. The van der Waals surface area contributed by atoms with Crippen LogP contribution in [-0.4, -0.2) is 31.3 Å². The third-order valence-electron chi connectivity index (χ3n) is 4.29. The first kappa shape index (κ1) is 18.0. The molecule has 10 heteroatoms. The molecule has 0 aliphatic carbocycles. The van der Waals surface area contributed by atoms with E-state index in [0.29, 0.717) is 22.6 Å². The van der Waals surface area contributed by atoms with Gasteiger partial charge in [0.15, 0.2) is 0 Å². The van der Waals surface area contributed by atoms with Crippen LogP contribution in [-0.2, 0) is 17.9 Å². The standard InChI is InChI=1S/C18H17N5O4S/c1-2-27-13-6-4-3-5-11(13)9-21-16(25)15-12(7-8-28-15)23-17(21)20-22(18(23)26)10-14(19)24/h3-8H,2,9-10H2,1H3,(H2,19,24). The monoisotopic (exact) mass is 399 g/mol. The summed E-state index contributed by atoms with van der Waals surface area (Å²) in [5.74, 6) is 0.108. The van der Waals surface area contributed by atoms with Gasteiger partial charge in [0.1, 0.15) is 17.0 Å². The van der Waals surface area contributed by atoms with Crippen molar-refractivity contribution in [2.75, 3.05) is 6.61 Å². The number of ether oxygens (including phenoxy) is 1. The van der Waals surface area contributed by atoms with Gasteiger partial charge in [0, 0.05) is 5.56 Å². The smallest absolute Gasteiger partial charge is 0.352 e. The first-order valence-corrected chi connectivity index (χ1v) is 9.47. The van der Waals surface area contributed by atoms with E-state index in [0.717, 1.165) is 10.2 Å². The number of amides is 1. The molecule has 0 spiro atoms. The van der Waals surface area contributed by atoms with E-state index >= 15 is 0 Å². The van der Waals surface area contributed by atoms with E-state index in [4.69, 9.17) is 10.5 Å². The molecule has 28 heavy (non-hydrogen) atoms. The molecule has 144 valence electrons. The summed E-state index contributed by atoms with van der Waals surface area (Å²) in [5, 5.41) is 5.95. The molecule has 3 aromatic heterocycles. The van der Waals surface area contributed by atoms with Crippen molar-refractivity contribution >= 4 is 33.2 Å². The van der Waals surface area contributed by atoms with Crippen molar-refractivity contribution in [3.63, 3.8) is 0 Å². The number of carbonyl (C=O) groups excluding carboxylic acids is 1. The summed E-state index contributed by atoms with van der Waals surface area (Å²) in [6.45, 7) is 2.16. The van der Waals surface area contributed by atoms with Crippen LogP contribution in [0.1, 0.15) is 12.5 Å². The third-order valence-corrected chi connectivity index (χ3v) is 5.19. The van der Waals surface area contributed by atoms with Crippen LogP contribution in [0, 0.1) is 0 Å². The van der Waals surface area contributed by atoms with Crippen LogP contribution < -0.4 is 21.7 Å². The largest absolute Gasteiger partial charge is 0.494 e. The van der Waals surface area contributed by atoms with Gasteiger partial charge >= 0.3 is 5.69 Å². The number of carbonyl (C=O) groups is 1. The van der Waals surface area contributed by atoms with E-state index in [-0.39, 0.29) is 24.4 Å². The van der Waals surface area contributed by atoms with Gasteiger partial charge in [-0.1, -0.05) is 18.2 Å². The van der Waals surface area contributed by atoms with Crippen molar-refractivity contribution in [1.29, 1.82) is 0 Å². The molecule has 9 nitrogen and oxygen atoms in total. The summed E-state index contributed by atoms with van der Waals surface area (Å²) in [5.41, 5.74) is 5.67. The predicted molar refractivity (Wildman–Crippen MR) is 105 cm³/mol. The van der Waals surface area contributed by atoms with E-state index in [1.165, 1.54) is 20.3 Å². The zero-order valence-electron chi connectivity index (χ0n) is 15.0. The molecular weight excluding hydrogens is 382 g/mol. The number of hydrogen-bond acceptors (Lipinski definition) is 6. The first-order valence-electron chi connectivity index (χ1n) is 8.59. The third kappa shape index (κ3) is 2.87. The highest BCUT2D eigenvalue weighted by Crippen LogP contribution is 2.21. The summed E-state index contributed by atoms with van der Waals surface area (Å²) in [4.78, 5) is 37.2. The molecule has 4 rings (SSSR count). The van der Waals surface area contributed by atoms with Gasteiger partial charge in [-0.3, -0.25) is 14.2 Å². The van der Waals surface area contributed by atoms with Crippen LogP contribution in [0.15, 0.2) is 45.3 Å². The molecular formula is C18H17N5O4S. The Kier molecular flexibility index (Phi) is 4.47. The molecule has 0 aliphatic rings. The summed E-state index contributed by atoms with van der Waals surface area (Å²) < 4.78 is 9.80. The van der Waals surface area contributed by atoms with Gasteiger partial charge in [-0.05, 0) is 24.4 Å². The predicted octanol–water partition coefficient (Wildman–Crippen LogP) is 0.805. The minimum Gasteiger partial charge on any atom is -0.494 e. The highest BCUT2D eigenvalue weighted by atomic mass is 32.1. The molecule has 0 bridgehead atoms. The first-order chi connectivity index (χ1) is 13.5. The molecule has 0 saturated heterocycles. The van der Waals surface area contributed by atoms with E-state index in [9.17, 15) is 14.4 Å². The van der Waals surface area contributed by atoms with Crippen LogP contribution >= 0.6 is 11.3 Å².